The number of anilines is 1. The summed E-state index contributed by atoms with van der Waals surface area (Å²) in [5, 5.41) is 11.2. The quantitative estimate of drug-likeness (QED) is 0.676. The van der Waals surface area contributed by atoms with Gasteiger partial charge in [0, 0.05) is 6.54 Å². The number of fused-ring (bicyclic) bond motifs is 1. The molecule has 1 aliphatic heterocycles. The molecule has 0 fully saturated rings. The smallest absolute Gasteiger partial charge is 0.329 e. The van der Waals surface area contributed by atoms with E-state index in [2.05, 4.69) is 10.3 Å². The standard InChI is InChI=1S/C11H13N3O5/c1-2-3-14-8-7(10(18)13-11(14)19)5(4-6(15)16)9(17)12-8/h5H,2-4H2,1H3,(H,12,17)(H,15,16)(H,13,18,19). The highest BCUT2D eigenvalue weighted by molar-refractivity contribution is 6.03. The Labute approximate surface area is 107 Å². The van der Waals surface area contributed by atoms with Gasteiger partial charge in [0.2, 0.25) is 5.91 Å². The van der Waals surface area contributed by atoms with Crippen molar-refractivity contribution in [3.8, 4) is 0 Å². The number of nitrogens with one attached hydrogen (secondary N) is 2. The van der Waals surface area contributed by atoms with Crippen LogP contribution in [0.15, 0.2) is 9.59 Å². The van der Waals surface area contributed by atoms with Crippen molar-refractivity contribution in [2.75, 3.05) is 5.32 Å². The Balaban J connectivity index is 2.62. The van der Waals surface area contributed by atoms with Crippen LogP contribution in [0.25, 0.3) is 0 Å². The summed E-state index contributed by atoms with van der Waals surface area (Å²) in [5.74, 6) is -2.69. The molecule has 1 aliphatic rings. The number of hydrogen-bond acceptors (Lipinski definition) is 4. The average Bonchev–Trinajstić information content (AvgIpc) is 2.62. The van der Waals surface area contributed by atoms with Gasteiger partial charge in [-0.15, -0.1) is 0 Å². The van der Waals surface area contributed by atoms with E-state index in [0.29, 0.717) is 13.0 Å². The molecule has 0 saturated heterocycles. The van der Waals surface area contributed by atoms with Gasteiger partial charge in [-0.2, -0.15) is 0 Å². The number of carboxylic acid groups (broad SMARTS) is 1. The van der Waals surface area contributed by atoms with Crippen molar-refractivity contribution in [2.45, 2.75) is 32.2 Å². The van der Waals surface area contributed by atoms with Gasteiger partial charge in [0.15, 0.2) is 0 Å². The van der Waals surface area contributed by atoms with Crippen molar-refractivity contribution in [3.63, 3.8) is 0 Å². The number of amides is 1. The SMILES string of the molecule is CCCn1c2c(c(=O)[nH]c1=O)C(CC(=O)O)C(=O)N2. The monoisotopic (exact) mass is 267 g/mol. The van der Waals surface area contributed by atoms with Crippen molar-refractivity contribution in [3.05, 3.63) is 26.4 Å². The molecular weight excluding hydrogens is 254 g/mol. The maximum Gasteiger partial charge on any atom is 0.329 e. The van der Waals surface area contributed by atoms with E-state index in [-0.39, 0.29) is 11.4 Å². The summed E-state index contributed by atoms with van der Waals surface area (Å²) in [6.07, 6.45) is 0.157. The Kier molecular flexibility index (Phi) is 3.24. The van der Waals surface area contributed by atoms with Crippen LogP contribution >= 0.6 is 0 Å². The first-order chi connectivity index (χ1) is 8.95. The van der Waals surface area contributed by atoms with E-state index >= 15 is 0 Å². The van der Waals surface area contributed by atoms with Crippen LogP contribution in [-0.2, 0) is 16.1 Å². The van der Waals surface area contributed by atoms with Gasteiger partial charge in [-0.3, -0.25) is 23.9 Å². The van der Waals surface area contributed by atoms with Crippen molar-refractivity contribution in [1.29, 1.82) is 0 Å². The molecule has 2 rings (SSSR count). The lowest BCUT2D eigenvalue weighted by Gasteiger charge is -2.09. The number of carbonyl (C=O) groups excluding carboxylic acids is 1. The fraction of sp³-hybridized carbons (Fsp3) is 0.455. The van der Waals surface area contributed by atoms with E-state index < -0.39 is 35.5 Å². The Morgan fingerprint density at radius 3 is 2.63 bits per heavy atom. The number of aromatic nitrogens is 2. The van der Waals surface area contributed by atoms with Crippen LogP contribution in [0.2, 0.25) is 0 Å². The molecule has 1 aromatic rings. The van der Waals surface area contributed by atoms with Crippen LogP contribution in [0.4, 0.5) is 5.82 Å². The zero-order valence-corrected chi connectivity index (χ0v) is 10.2. The maximum absolute atomic E-state index is 11.8. The topological polar surface area (TPSA) is 121 Å². The third-order valence-corrected chi connectivity index (χ3v) is 2.97. The first-order valence-corrected chi connectivity index (χ1v) is 5.85. The number of nitrogens with zero attached hydrogens (tertiary/aromatic N) is 1. The molecule has 0 spiro atoms. The highest BCUT2D eigenvalue weighted by atomic mass is 16.4. The second-order valence-electron chi connectivity index (χ2n) is 4.31. The number of aliphatic carboxylic acids is 1. The van der Waals surface area contributed by atoms with E-state index in [1.54, 1.807) is 0 Å². The molecule has 0 aromatic carbocycles. The molecule has 1 aromatic heterocycles. The summed E-state index contributed by atoms with van der Waals surface area (Å²) in [5.41, 5.74) is -1.29. The zero-order valence-electron chi connectivity index (χ0n) is 10.2. The van der Waals surface area contributed by atoms with Gasteiger partial charge in [0.05, 0.1) is 17.9 Å². The van der Waals surface area contributed by atoms with Gasteiger partial charge >= 0.3 is 11.7 Å². The summed E-state index contributed by atoms with van der Waals surface area (Å²) >= 11 is 0. The maximum atomic E-state index is 11.8. The number of hydrogen-bond donors (Lipinski definition) is 3. The molecule has 3 N–H and O–H groups in total. The predicted octanol–water partition coefficient (Wildman–Crippen LogP) is -0.543. The summed E-state index contributed by atoms with van der Waals surface area (Å²) in [4.78, 5) is 48.0. The number of H-pyrrole nitrogens is 1. The van der Waals surface area contributed by atoms with E-state index in [1.165, 1.54) is 4.57 Å². The van der Waals surface area contributed by atoms with E-state index in [0.717, 1.165) is 0 Å². The van der Waals surface area contributed by atoms with E-state index in [9.17, 15) is 19.2 Å². The Morgan fingerprint density at radius 1 is 1.37 bits per heavy atom. The molecule has 2 heterocycles. The average molecular weight is 267 g/mol. The molecule has 0 bridgehead atoms. The highest BCUT2D eigenvalue weighted by Crippen LogP contribution is 2.30. The first kappa shape index (κ1) is 13.1. The molecule has 19 heavy (non-hydrogen) atoms. The largest absolute Gasteiger partial charge is 0.481 e. The Morgan fingerprint density at radius 2 is 2.05 bits per heavy atom. The molecule has 0 saturated carbocycles. The molecule has 0 aliphatic carbocycles. The van der Waals surface area contributed by atoms with Gasteiger partial charge in [-0.1, -0.05) is 6.92 Å². The predicted molar refractivity (Wildman–Crippen MR) is 65.2 cm³/mol. The highest BCUT2D eigenvalue weighted by Gasteiger charge is 2.37. The van der Waals surface area contributed by atoms with Crippen LogP contribution in [0.5, 0.6) is 0 Å². The number of carboxylic acids is 1. The molecule has 8 heteroatoms. The number of rotatable bonds is 4. The van der Waals surface area contributed by atoms with Crippen molar-refractivity contribution >= 4 is 17.7 Å². The molecule has 102 valence electrons. The van der Waals surface area contributed by atoms with Gasteiger partial charge in [-0.25, -0.2) is 4.79 Å². The van der Waals surface area contributed by atoms with Gasteiger partial charge in [-0.05, 0) is 6.42 Å². The Hall–Kier alpha value is -2.38. The third-order valence-electron chi connectivity index (χ3n) is 2.97. The fourth-order valence-electron chi connectivity index (χ4n) is 2.19. The van der Waals surface area contributed by atoms with Crippen LogP contribution in [0.3, 0.4) is 0 Å². The van der Waals surface area contributed by atoms with Crippen molar-refractivity contribution in [1.82, 2.24) is 9.55 Å². The van der Waals surface area contributed by atoms with Crippen LogP contribution in [-0.4, -0.2) is 26.5 Å². The number of carbonyl (C=O) groups is 2. The van der Waals surface area contributed by atoms with Crippen molar-refractivity contribution in [2.24, 2.45) is 0 Å². The summed E-state index contributed by atoms with van der Waals surface area (Å²) in [6, 6.07) is 0. The molecule has 1 amide bonds. The lowest BCUT2D eigenvalue weighted by atomic mass is 10.00. The van der Waals surface area contributed by atoms with Crippen LogP contribution in [0, 0.1) is 0 Å². The summed E-state index contributed by atoms with van der Waals surface area (Å²) in [7, 11) is 0. The zero-order chi connectivity index (χ0) is 14.2. The molecule has 1 atom stereocenters. The van der Waals surface area contributed by atoms with Gasteiger partial charge in [0.1, 0.15) is 5.82 Å². The van der Waals surface area contributed by atoms with Gasteiger partial charge in [0.25, 0.3) is 5.56 Å². The van der Waals surface area contributed by atoms with Crippen LogP contribution in [0.1, 0.15) is 31.2 Å². The lowest BCUT2D eigenvalue weighted by Crippen LogP contribution is -2.32. The molecule has 0 radical (unpaired) electrons. The summed E-state index contributed by atoms with van der Waals surface area (Å²) in [6.45, 7) is 2.17. The minimum atomic E-state index is -1.18. The van der Waals surface area contributed by atoms with E-state index in [4.69, 9.17) is 5.11 Å². The normalized spacial score (nSPS) is 17.1. The lowest BCUT2D eigenvalue weighted by molar-refractivity contribution is -0.138. The van der Waals surface area contributed by atoms with Crippen molar-refractivity contribution < 1.29 is 14.7 Å². The fourth-order valence-corrected chi connectivity index (χ4v) is 2.19. The molecular formula is C11H13N3O5. The minimum absolute atomic E-state index is 0.0282. The molecule has 1 unspecified atom stereocenters. The first-order valence-electron chi connectivity index (χ1n) is 5.85. The third kappa shape index (κ3) is 2.16. The second kappa shape index (κ2) is 4.71. The molecule has 8 nitrogen and oxygen atoms in total. The Bertz CT molecular complexity index is 657. The van der Waals surface area contributed by atoms with Gasteiger partial charge < -0.3 is 10.4 Å². The van der Waals surface area contributed by atoms with Crippen LogP contribution < -0.4 is 16.6 Å². The minimum Gasteiger partial charge on any atom is -0.481 e. The summed E-state index contributed by atoms with van der Waals surface area (Å²) < 4.78 is 1.25. The second-order valence-corrected chi connectivity index (χ2v) is 4.31. The van der Waals surface area contributed by atoms with E-state index in [1.807, 2.05) is 6.92 Å². The number of aromatic amines is 1.